The first kappa shape index (κ1) is 131. The third kappa shape index (κ3) is 64.3. The zero-order valence-electron chi connectivity index (χ0n) is 91.8. The highest BCUT2D eigenvalue weighted by molar-refractivity contribution is 5.78. The number of hydrogen-bond acceptors (Lipinski definition) is 27. The van der Waals surface area contributed by atoms with Gasteiger partial charge in [-0.2, -0.15) is 0 Å². The number of phenolic OH excluding ortho intramolecular Hbond substituents is 7. The van der Waals surface area contributed by atoms with Crippen LogP contribution in [0.1, 0.15) is 136 Å². The van der Waals surface area contributed by atoms with Crippen LogP contribution in [0.2, 0.25) is 0 Å². The molecule has 0 aromatic heterocycles. The van der Waals surface area contributed by atoms with Gasteiger partial charge in [-0.1, -0.05) is 42.5 Å². The van der Waals surface area contributed by atoms with E-state index in [2.05, 4.69) is 115 Å². The summed E-state index contributed by atoms with van der Waals surface area (Å²) in [7, 11) is 44.0. The molecule has 35 heteroatoms. The van der Waals surface area contributed by atoms with E-state index in [0.29, 0.717) is 170 Å². The predicted octanol–water partition coefficient (Wildman–Crippen LogP) is 12.1. The Kier molecular flexibility index (Phi) is 65.8. The van der Waals surface area contributed by atoms with E-state index in [-0.39, 0.29) is 81.8 Å². The minimum Gasteiger partial charge on any atom is -0.504 e. The van der Waals surface area contributed by atoms with E-state index in [1.54, 1.807) is 115 Å². The van der Waals surface area contributed by atoms with E-state index in [0.717, 1.165) is 161 Å². The second kappa shape index (κ2) is 72.9. The van der Waals surface area contributed by atoms with Gasteiger partial charge in [0.1, 0.15) is 0 Å². The molecule has 0 unspecified atom stereocenters. The van der Waals surface area contributed by atoms with Crippen molar-refractivity contribution in [3.05, 3.63) is 166 Å². The van der Waals surface area contributed by atoms with Gasteiger partial charge in [-0.15, -0.1) is 0 Å². The van der Waals surface area contributed by atoms with Gasteiger partial charge < -0.3 is 137 Å². The normalized spacial score (nSPS) is 11.0. The highest BCUT2D eigenvalue weighted by Gasteiger charge is 2.19. The first-order valence-electron chi connectivity index (χ1n) is 49.7. The molecule has 7 rings (SSSR count). The van der Waals surface area contributed by atoms with Gasteiger partial charge in [0.15, 0.2) is 80.5 Å². The number of carbonyl (C=O) groups is 7. The molecule has 0 atom stereocenters. The van der Waals surface area contributed by atoms with Crippen molar-refractivity contribution in [3.63, 3.8) is 0 Å². The Balaban J connectivity index is 0.000000846. The van der Waals surface area contributed by atoms with Crippen molar-refractivity contribution in [2.24, 2.45) is 0 Å². The zero-order valence-corrected chi connectivity index (χ0v) is 91.8. The Morgan fingerprint density at radius 1 is 0.262 bits per heavy atom. The molecule has 11 N–H and O–H groups in total. The first-order chi connectivity index (χ1) is 68.5. The molecule has 0 heterocycles. The van der Waals surface area contributed by atoms with Crippen LogP contribution in [0, 0.1) is 0 Å². The highest BCUT2D eigenvalue weighted by atomic mass is 16.5. The maximum atomic E-state index is 11.8. The number of likely N-dealkylation sites (N-methyl/N-ethyl adjacent to an activating group) is 1. The number of nitrogens with one attached hydrogen (secondary N) is 4. The van der Waals surface area contributed by atoms with E-state index < -0.39 is 0 Å². The van der Waals surface area contributed by atoms with Crippen LogP contribution in [0.3, 0.4) is 0 Å². The third-order valence-corrected chi connectivity index (χ3v) is 22.8. The van der Waals surface area contributed by atoms with Gasteiger partial charge in [0, 0.05) is 110 Å². The predicted molar refractivity (Wildman–Crippen MR) is 570 cm³/mol. The smallest absolute Gasteiger partial charge is 0.306 e. The summed E-state index contributed by atoms with van der Waals surface area (Å²) in [6.07, 6.45) is 12.5. The average molecular weight is 2040 g/mol. The number of carbonyl (C=O) groups excluding carboxylic acids is 7. The second-order valence-corrected chi connectivity index (χ2v) is 39.1. The molecule has 0 bridgehead atoms. The molecule has 0 spiro atoms. The van der Waals surface area contributed by atoms with Crippen LogP contribution in [0.5, 0.6) is 80.5 Å². The van der Waals surface area contributed by atoms with Gasteiger partial charge in [0.2, 0.25) is 23.6 Å². The number of aryl methyl sites for hydroxylation is 7. The maximum Gasteiger partial charge on any atom is 0.306 e. The molecule has 7 aromatic rings. The molecule has 0 aliphatic rings. The molecule has 35 nitrogen and oxygen atoms in total. The van der Waals surface area contributed by atoms with Crippen LogP contribution in [0.4, 0.5) is 0 Å². The molecule has 0 aliphatic heterocycles. The summed E-state index contributed by atoms with van der Waals surface area (Å²) in [6.45, 7) is 17.4. The van der Waals surface area contributed by atoms with E-state index in [1.165, 1.54) is 49.8 Å². The van der Waals surface area contributed by atoms with Gasteiger partial charge in [0.05, 0.1) is 179 Å². The van der Waals surface area contributed by atoms with Crippen LogP contribution in [-0.2, 0) is 92.7 Å². The molecule has 0 fully saturated rings. The van der Waals surface area contributed by atoms with Crippen molar-refractivity contribution in [2.75, 3.05) is 267 Å². The summed E-state index contributed by atoms with van der Waals surface area (Å²) in [5.41, 5.74) is 6.72. The number of esters is 3. The quantitative estimate of drug-likeness (QED) is 0.00730. The van der Waals surface area contributed by atoms with Crippen LogP contribution in [0.25, 0.3) is 0 Å². The topological polar surface area (TPSA) is 411 Å². The van der Waals surface area contributed by atoms with Gasteiger partial charge in [0.25, 0.3) is 0 Å². The number of nitrogens with zero attached hydrogens (tertiary/aromatic N) is 7. The second-order valence-electron chi connectivity index (χ2n) is 39.1. The SMILES string of the molecule is CC[N+](C)(C)CCCNC(=O)CCc1ccc(O)c(OC)c1.CC[N+](C)(C)CCCOC(=O)CCc1ccc(O)c(OC)c1.COc1cc(CCC(=O)NCCCN(C)C)ccc1O.COc1cc(CCC(=O)NCCC[N+](C)(C)C)ccc1O.COc1cc(CCC(=O)NCCN(C)C)ccc1O.COc1cc(CCC(=O)OCCCN(C)C)ccc1O.COc1cc(CCC(=O)OCCC[N+](C)(C)C)ccc1O. The third-order valence-electron chi connectivity index (χ3n) is 22.8. The summed E-state index contributed by atoms with van der Waals surface area (Å²) in [6, 6.07) is 35.9. The Morgan fingerprint density at radius 3 is 0.697 bits per heavy atom. The summed E-state index contributed by atoms with van der Waals surface area (Å²) in [5.74, 6) is 3.42. The summed E-state index contributed by atoms with van der Waals surface area (Å²) < 4.78 is 54.6. The lowest BCUT2D eigenvalue weighted by molar-refractivity contribution is -0.888. The van der Waals surface area contributed by atoms with Gasteiger partial charge in [-0.25, -0.2) is 0 Å². The van der Waals surface area contributed by atoms with E-state index in [4.69, 9.17) is 47.4 Å². The van der Waals surface area contributed by atoms with Crippen molar-refractivity contribution in [1.29, 1.82) is 0 Å². The molecule has 145 heavy (non-hydrogen) atoms. The van der Waals surface area contributed by atoms with Crippen molar-refractivity contribution in [2.45, 2.75) is 142 Å². The van der Waals surface area contributed by atoms with Gasteiger partial charge >= 0.3 is 17.9 Å². The largest absolute Gasteiger partial charge is 0.504 e. The van der Waals surface area contributed by atoms with Gasteiger partial charge in [-0.05, 0) is 244 Å². The van der Waals surface area contributed by atoms with E-state index in [9.17, 15) is 69.3 Å². The number of ether oxygens (including phenoxy) is 10. The minimum absolute atomic E-state index is 0.0360. The van der Waals surface area contributed by atoms with E-state index >= 15 is 0 Å². The fourth-order valence-electron chi connectivity index (χ4n) is 13.3. The average Bonchev–Trinajstić information content (AvgIpc) is 0.898. The Hall–Kier alpha value is -12.3. The molecule has 0 aliphatic carbocycles. The monoisotopic (exact) mass is 2040 g/mol. The molecule has 0 radical (unpaired) electrons. The number of phenols is 7. The Labute approximate surface area is 864 Å². The maximum absolute atomic E-state index is 11.8. The van der Waals surface area contributed by atoms with Crippen molar-refractivity contribution >= 4 is 41.5 Å². The number of benzene rings is 7. The number of methoxy groups -OCH3 is 7. The molecular weight excluding hydrogens is 1860 g/mol. The first-order valence-corrected chi connectivity index (χ1v) is 49.7. The lowest BCUT2D eigenvalue weighted by Crippen LogP contribution is -2.41. The number of hydrogen-bond donors (Lipinski definition) is 11. The molecular formula is C110H179N11O24+4. The number of aromatic hydroxyl groups is 7. The fraction of sp³-hybridized carbons (Fsp3) is 0.555. The lowest BCUT2D eigenvalue weighted by Gasteiger charge is -2.28. The Bertz CT molecular complexity index is 4610. The molecule has 7 aromatic carbocycles. The van der Waals surface area contributed by atoms with E-state index in [1.807, 2.05) is 59.3 Å². The zero-order chi connectivity index (χ0) is 109. The Morgan fingerprint density at radius 2 is 0.462 bits per heavy atom. The molecule has 814 valence electrons. The number of amides is 4. The molecule has 4 amide bonds. The van der Waals surface area contributed by atoms with Crippen LogP contribution < -0.4 is 54.4 Å². The van der Waals surface area contributed by atoms with Crippen LogP contribution in [0.15, 0.2) is 127 Å². The van der Waals surface area contributed by atoms with Gasteiger partial charge in [-0.3, -0.25) is 33.6 Å². The lowest BCUT2D eigenvalue weighted by atomic mass is 10.1. The van der Waals surface area contributed by atoms with Crippen molar-refractivity contribution in [1.82, 2.24) is 36.0 Å². The van der Waals surface area contributed by atoms with Crippen LogP contribution >= 0.6 is 0 Å². The number of quaternary nitrogens is 4. The highest BCUT2D eigenvalue weighted by Crippen LogP contribution is 2.33. The fourth-order valence-corrected chi connectivity index (χ4v) is 13.3. The standard InChI is InChI=1S/C17H28N2O3.C17H27NO4.C16H26N2O3.C16H25NO4.C15H24N2O3.C15H23NO4.C14H22N2O3/c1-5-19(2,3)12-6-11-18-17(21)10-8-14-7-9-15(20)16(13-14)22-4;1-5-18(2,3)11-6-12-22-17(20)10-8-14-7-9-15(19)16(13-14)21-4;1-18(2,3)11-5-10-17-16(20)9-7-13-6-8-14(19)15(12-13)21-4;1-17(2,3)10-5-11-21-16(19)9-7-13-6-8-14(18)15(12-13)20-4;1-17(2)10-4-9-16-15(19)8-6-12-5-7-13(18)14(11-12)20-3;1-16(2)9-4-10-20-15(18)8-6-12-5-7-13(17)14(11-12)19-3;1-16(2)9-8-15-14(18)7-5-11-4-6-12(17)13(10-11)19-3/h7,9,13H,5-6,8,10-12H2,1-4H3,(H-,18,20,21);7,9,13H,5-6,8,10-12H2,1-4H3;6,8,12H,5,7,9-11H2,1-4H3,(H-,17,19,20);6,8,12H,5,7,9-11H2,1-4H3;5,7,11,18H,4,6,8-10H2,1-3H3,(H,16,19);5,7,11,17H,4,6,8-10H2,1-3H3;4,6,10,17H,5,7-9H2,1-3H3,(H,15,18)/p+4. The number of rotatable bonds is 57. The summed E-state index contributed by atoms with van der Waals surface area (Å²) in [4.78, 5) is 88.0. The summed E-state index contributed by atoms with van der Waals surface area (Å²) in [5, 5.41) is 78.2. The summed E-state index contributed by atoms with van der Waals surface area (Å²) >= 11 is 0. The van der Waals surface area contributed by atoms with Crippen molar-refractivity contribution < 1.29 is 135 Å². The molecule has 0 saturated carbocycles. The van der Waals surface area contributed by atoms with Crippen LogP contribution in [-0.4, -0.2) is 377 Å². The van der Waals surface area contributed by atoms with Crippen molar-refractivity contribution in [3.8, 4) is 80.5 Å². The molecule has 0 saturated heterocycles. The minimum atomic E-state index is -0.198.